The van der Waals surface area contributed by atoms with E-state index in [1.54, 1.807) is 12.8 Å². The molecule has 1 atom stereocenters. The molecule has 1 saturated heterocycles. The van der Waals surface area contributed by atoms with E-state index in [2.05, 4.69) is 17.1 Å². The van der Waals surface area contributed by atoms with Crippen molar-refractivity contribution in [3.05, 3.63) is 0 Å². The first-order valence-corrected chi connectivity index (χ1v) is 8.86. The van der Waals surface area contributed by atoms with Crippen LogP contribution in [0.15, 0.2) is 0 Å². The smallest absolute Gasteiger partial charge is 0.0161 e. The fraction of sp³-hybridized carbons (Fsp3) is 1.00. The molecule has 3 rings (SSSR count). The quantitative estimate of drug-likeness (QED) is 0.799. The molecule has 1 unspecified atom stereocenters. The van der Waals surface area contributed by atoms with Crippen molar-refractivity contribution in [2.45, 2.75) is 76.3 Å². The zero-order valence-corrected chi connectivity index (χ0v) is 11.9. The van der Waals surface area contributed by atoms with E-state index in [0.717, 1.165) is 17.5 Å². The number of rotatable bonds is 2. The molecule has 3 aliphatic rings. The highest BCUT2D eigenvalue weighted by Crippen LogP contribution is 2.48. The lowest BCUT2D eigenvalue weighted by atomic mass is 9.71. The molecule has 0 aromatic rings. The summed E-state index contributed by atoms with van der Waals surface area (Å²) in [5.74, 6) is 2.76. The number of hydrogen-bond donors (Lipinski definition) is 1. The van der Waals surface area contributed by atoms with Gasteiger partial charge < -0.3 is 5.32 Å². The zero-order chi connectivity index (χ0) is 11.6. The SMILES string of the molecule is C1CSCC(NC2CCC3(CCCC3)CC2)C1. The molecule has 98 valence electrons. The zero-order valence-electron chi connectivity index (χ0n) is 11.0. The largest absolute Gasteiger partial charge is 0.310 e. The maximum atomic E-state index is 3.94. The molecule has 1 aliphatic heterocycles. The second-order valence-corrected chi connectivity index (χ2v) is 7.71. The fourth-order valence-electron chi connectivity index (χ4n) is 4.23. The van der Waals surface area contributed by atoms with Crippen LogP contribution in [0, 0.1) is 5.41 Å². The molecular formula is C15H27NS. The number of thioether (sulfide) groups is 1. The molecular weight excluding hydrogens is 226 g/mol. The molecule has 1 N–H and O–H groups in total. The summed E-state index contributed by atoms with van der Waals surface area (Å²) in [6.45, 7) is 0. The van der Waals surface area contributed by atoms with Crippen molar-refractivity contribution in [1.82, 2.24) is 5.32 Å². The summed E-state index contributed by atoms with van der Waals surface area (Å²) in [4.78, 5) is 0. The summed E-state index contributed by atoms with van der Waals surface area (Å²) >= 11 is 2.15. The van der Waals surface area contributed by atoms with Gasteiger partial charge >= 0.3 is 0 Å². The third kappa shape index (κ3) is 3.01. The Morgan fingerprint density at radius 3 is 2.24 bits per heavy atom. The van der Waals surface area contributed by atoms with Gasteiger partial charge in [0.05, 0.1) is 0 Å². The van der Waals surface area contributed by atoms with Crippen LogP contribution in [0.1, 0.15) is 64.2 Å². The maximum absolute atomic E-state index is 3.94. The molecule has 1 nitrogen and oxygen atoms in total. The van der Waals surface area contributed by atoms with E-state index in [4.69, 9.17) is 0 Å². The van der Waals surface area contributed by atoms with Gasteiger partial charge in [0, 0.05) is 17.8 Å². The van der Waals surface area contributed by atoms with E-state index in [0.29, 0.717) is 0 Å². The topological polar surface area (TPSA) is 12.0 Å². The van der Waals surface area contributed by atoms with Crippen molar-refractivity contribution in [1.29, 1.82) is 0 Å². The Morgan fingerprint density at radius 1 is 0.824 bits per heavy atom. The van der Waals surface area contributed by atoms with Crippen molar-refractivity contribution in [3.63, 3.8) is 0 Å². The monoisotopic (exact) mass is 253 g/mol. The van der Waals surface area contributed by atoms with Crippen LogP contribution >= 0.6 is 11.8 Å². The lowest BCUT2D eigenvalue weighted by Crippen LogP contribution is -2.44. The van der Waals surface area contributed by atoms with Gasteiger partial charge in [-0.3, -0.25) is 0 Å². The summed E-state index contributed by atoms with van der Waals surface area (Å²) in [7, 11) is 0. The molecule has 2 heteroatoms. The van der Waals surface area contributed by atoms with Gasteiger partial charge in [-0.05, 0) is 62.5 Å². The maximum Gasteiger partial charge on any atom is 0.0161 e. The van der Waals surface area contributed by atoms with Crippen LogP contribution < -0.4 is 5.32 Å². The van der Waals surface area contributed by atoms with Gasteiger partial charge in [0.2, 0.25) is 0 Å². The van der Waals surface area contributed by atoms with E-state index in [9.17, 15) is 0 Å². The van der Waals surface area contributed by atoms with Crippen LogP contribution in [-0.4, -0.2) is 23.6 Å². The highest BCUT2D eigenvalue weighted by atomic mass is 32.2. The van der Waals surface area contributed by atoms with Crippen molar-refractivity contribution < 1.29 is 0 Å². The fourth-order valence-corrected chi connectivity index (χ4v) is 5.31. The van der Waals surface area contributed by atoms with Crippen LogP contribution in [0.3, 0.4) is 0 Å². The Morgan fingerprint density at radius 2 is 1.59 bits per heavy atom. The van der Waals surface area contributed by atoms with E-state index in [1.165, 1.54) is 62.9 Å². The third-order valence-corrected chi connectivity index (χ3v) is 6.56. The van der Waals surface area contributed by atoms with Crippen molar-refractivity contribution in [2.24, 2.45) is 5.41 Å². The molecule has 2 saturated carbocycles. The first kappa shape index (κ1) is 12.3. The number of nitrogens with one attached hydrogen (secondary N) is 1. The van der Waals surface area contributed by atoms with Crippen molar-refractivity contribution in [2.75, 3.05) is 11.5 Å². The highest BCUT2D eigenvalue weighted by molar-refractivity contribution is 7.99. The molecule has 0 aromatic carbocycles. The van der Waals surface area contributed by atoms with Crippen LogP contribution in [0.25, 0.3) is 0 Å². The van der Waals surface area contributed by atoms with E-state index in [1.807, 2.05) is 0 Å². The first-order chi connectivity index (χ1) is 8.36. The minimum Gasteiger partial charge on any atom is -0.310 e. The molecule has 0 bridgehead atoms. The molecule has 0 radical (unpaired) electrons. The summed E-state index contributed by atoms with van der Waals surface area (Å²) in [5.41, 5.74) is 0.805. The molecule has 0 aromatic heterocycles. The molecule has 3 fully saturated rings. The third-order valence-electron chi connectivity index (χ3n) is 5.34. The average Bonchev–Trinajstić information content (AvgIpc) is 2.83. The summed E-state index contributed by atoms with van der Waals surface area (Å²) in [5, 5.41) is 3.94. The van der Waals surface area contributed by atoms with E-state index in [-0.39, 0.29) is 0 Å². The van der Waals surface area contributed by atoms with Gasteiger partial charge in [-0.25, -0.2) is 0 Å². The molecule has 1 heterocycles. The van der Waals surface area contributed by atoms with Gasteiger partial charge in [-0.2, -0.15) is 11.8 Å². The van der Waals surface area contributed by atoms with Crippen LogP contribution in [0.2, 0.25) is 0 Å². The van der Waals surface area contributed by atoms with E-state index >= 15 is 0 Å². The molecule has 0 amide bonds. The van der Waals surface area contributed by atoms with Gasteiger partial charge in [0.1, 0.15) is 0 Å². The normalized spacial score (nSPS) is 34.2. The predicted molar refractivity (Wildman–Crippen MR) is 76.6 cm³/mol. The van der Waals surface area contributed by atoms with Crippen LogP contribution in [0.5, 0.6) is 0 Å². The number of hydrogen-bond acceptors (Lipinski definition) is 2. The standard InChI is InChI=1S/C15H27NS/c1-2-8-15(7-1)9-5-13(6-10-15)16-14-4-3-11-17-12-14/h13-14,16H,1-12H2. The lowest BCUT2D eigenvalue weighted by molar-refractivity contribution is 0.163. The Balaban J connectivity index is 1.44. The highest BCUT2D eigenvalue weighted by Gasteiger charge is 2.37. The Labute approximate surface area is 111 Å². The average molecular weight is 253 g/mol. The second kappa shape index (κ2) is 5.52. The van der Waals surface area contributed by atoms with Crippen molar-refractivity contribution in [3.8, 4) is 0 Å². The minimum absolute atomic E-state index is 0.805. The first-order valence-electron chi connectivity index (χ1n) is 7.70. The molecule has 17 heavy (non-hydrogen) atoms. The summed E-state index contributed by atoms with van der Waals surface area (Å²) in [6.07, 6.45) is 14.9. The summed E-state index contributed by atoms with van der Waals surface area (Å²) < 4.78 is 0. The Bertz CT molecular complexity index is 231. The van der Waals surface area contributed by atoms with Gasteiger partial charge in [0.15, 0.2) is 0 Å². The van der Waals surface area contributed by atoms with Gasteiger partial charge in [0.25, 0.3) is 0 Å². The Hall–Kier alpha value is 0.310. The summed E-state index contributed by atoms with van der Waals surface area (Å²) in [6, 6.07) is 1.68. The van der Waals surface area contributed by atoms with E-state index < -0.39 is 0 Å². The predicted octanol–water partition coefficient (Wildman–Crippen LogP) is 3.97. The Kier molecular flexibility index (Phi) is 4.01. The van der Waals surface area contributed by atoms with Crippen LogP contribution in [0.4, 0.5) is 0 Å². The van der Waals surface area contributed by atoms with Gasteiger partial charge in [-0.1, -0.05) is 12.8 Å². The van der Waals surface area contributed by atoms with Crippen molar-refractivity contribution >= 4 is 11.8 Å². The molecule has 2 aliphatic carbocycles. The lowest BCUT2D eigenvalue weighted by Gasteiger charge is -2.39. The second-order valence-electron chi connectivity index (χ2n) is 6.56. The minimum atomic E-state index is 0.805. The molecule has 1 spiro atoms. The van der Waals surface area contributed by atoms with Crippen LogP contribution in [-0.2, 0) is 0 Å². The van der Waals surface area contributed by atoms with Gasteiger partial charge in [-0.15, -0.1) is 0 Å².